The van der Waals surface area contributed by atoms with E-state index in [1.807, 2.05) is 0 Å². The number of carbonyl (C=O) groups is 1. The molecule has 3 rings (SSSR count). The van der Waals surface area contributed by atoms with Gasteiger partial charge in [-0.25, -0.2) is 8.78 Å². The van der Waals surface area contributed by atoms with Crippen molar-refractivity contribution < 1.29 is 27.5 Å². The van der Waals surface area contributed by atoms with Crippen LogP contribution in [0, 0.1) is 11.6 Å². The lowest BCUT2D eigenvalue weighted by atomic mass is 10.2. The topological polar surface area (TPSA) is 86.5 Å². The van der Waals surface area contributed by atoms with Crippen LogP contribution in [0.3, 0.4) is 0 Å². The van der Waals surface area contributed by atoms with Gasteiger partial charge in [-0.05, 0) is 31.2 Å². The summed E-state index contributed by atoms with van der Waals surface area (Å²) in [5.41, 5.74) is 0.724. The zero-order valence-corrected chi connectivity index (χ0v) is 16.5. The summed E-state index contributed by atoms with van der Waals surface area (Å²) in [6, 6.07) is 8.25. The van der Waals surface area contributed by atoms with Gasteiger partial charge >= 0.3 is 0 Å². The van der Waals surface area contributed by atoms with Crippen molar-refractivity contribution in [3.63, 3.8) is 0 Å². The predicted octanol–water partition coefficient (Wildman–Crippen LogP) is 4.15. The molecule has 0 bridgehead atoms. The maximum Gasteiger partial charge on any atom is 0.277 e. The van der Waals surface area contributed by atoms with E-state index in [4.69, 9.17) is 13.9 Å². The Kier molecular flexibility index (Phi) is 6.32. The molecule has 0 aliphatic carbocycles. The summed E-state index contributed by atoms with van der Waals surface area (Å²) in [6.45, 7) is 1.62. The molecule has 0 radical (unpaired) electrons. The number of anilines is 1. The first kappa shape index (κ1) is 20.6. The minimum absolute atomic E-state index is 0.149. The monoisotopic (exact) mass is 421 g/mol. The van der Waals surface area contributed by atoms with Crippen molar-refractivity contribution in [2.75, 3.05) is 19.5 Å². The number of amides is 1. The third-order valence-corrected chi connectivity index (χ3v) is 4.81. The first-order valence-electron chi connectivity index (χ1n) is 8.39. The van der Waals surface area contributed by atoms with E-state index in [1.165, 1.54) is 13.2 Å². The molecule has 0 spiro atoms. The third-order valence-electron chi connectivity index (χ3n) is 3.88. The van der Waals surface area contributed by atoms with E-state index >= 15 is 0 Å². The molecule has 1 heterocycles. The highest BCUT2D eigenvalue weighted by atomic mass is 32.2. The van der Waals surface area contributed by atoms with Gasteiger partial charge in [0.15, 0.2) is 11.6 Å². The second kappa shape index (κ2) is 8.91. The highest BCUT2D eigenvalue weighted by molar-refractivity contribution is 8.00. The first-order valence-corrected chi connectivity index (χ1v) is 9.27. The van der Waals surface area contributed by atoms with Gasteiger partial charge in [0.2, 0.25) is 5.91 Å². The maximum atomic E-state index is 13.3. The van der Waals surface area contributed by atoms with Crippen LogP contribution >= 0.6 is 11.8 Å². The number of carbonyl (C=O) groups excluding carboxylic acids is 1. The fraction of sp³-hybridized carbons (Fsp3) is 0.211. The molecular weight excluding hydrogens is 404 g/mol. The molecule has 0 fully saturated rings. The van der Waals surface area contributed by atoms with Gasteiger partial charge in [-0.3, -0.25) is 4.79 Å². The number of benzene rings is 2. The lowest BCUT2D eigenvalue weighted by Crippen LogP contribution is -2.22. The van der Waals surface area contributed by atoms with Crippen LogP contribution in [0.25, 0.3) is 11.5 Å². The Morgan fingerprint density at radius 1 is 1.10 bits per heavy atom. The second-order valence-corrected chi connectivity index (χ2v) is 7.11. The number of thioether (sulfide) groups is 1. The second-order valence-electron chi connectivity index (χ2n) is 5.82. The summed E-state index contributed by atoms with van der Waals surface area (Å²) in [6.07, 6.45) is 0. The van der Waals surface area contributed by atoms with Crippen molar-refractivity contribution in [1.29, 1.82) is 0 Å². The molecule has 1 N–H and O–H groups in total. The Labute approximate surface area is 169 Å². The SMILES string of the molecule is COc1ccc(-c2nnc(SC(C)C(=O)Nc3ccc(F)c(F)c3)o2)c(OC)c1. The fourth-order valence-corrected chi connectivity index (χ4v) is 3.05. The highest BCUT2D eigenvalue weighted by Crippen LogP contribution is 2.34. The van der Waals surface area contributed by atoms with Gasteiger partial charge in [0.05, 0.1) is 25.0 Å². The summed E-state index contributed by atoms with van der Waals surface area (Å²) in [5.74, 6) is -1.13. The molecule has 1 amide bonds. The summed E-state index contributed by atoms with van der Waals surface area (Å²) in [4.78, 5) is 12.3. The van der Waals surface area contributed by atoms with Gasteiger partial charge in [0, 0.05) is 17.8 Å². The molecule has 0 saturated carbocycles. The minimum atomic E-state index is -1.04. The highest BCUT2D eigenvalue weighted by Gasteiger charge is 2.20. The van der Waals surface area contributed by atoms with Crippen LogP contribution in [0.4, 0.5) is 14.5 Å². The van der Waals surface area contributed by atoms with Crippen molar-refractivity contribution in [1.82, 2.24) is 10.2 Å². The third kappa shape index (κ3) is 4.83. The number of hydrogen-bond acceptors (Lipinski definition) is 7. The quantitative estimate of drug-likeness (QED) is 0.574. The molecule has 3 aromatic rings. The lowest BCUT2D eigenvalue weighted by Gasteiger charge is -2.10. The number of ether oxygens (including phenoxy) is 2. The number of methoxy groups -OCH3 is 2. The number of rotatable bonds is 7. The van der Waals surface area contributed by atoms with E-state index in [9.17, 15) is 13.6 Å². The molecule has 10 heteroatoms. The van der Waals surface area contributed by atoms with Crippen molar-refractivity contribution >= 4 is 23.4 Å². The first-order chi connectivity index (χ1) is 13.9. The van der Waals surface area contributed by atoms with Crippen molar-refractivity contribution in [2.45, 2.75) is 17.4 Å². The van der Waals surface area contributed by atoms with Crippen molar-refractivity contribution in [3.8, 4) is 23.0 Å². The van der Waals surface area contributed by atoms with Crippen LogP contribution in [-0.2, 0) is 4.79 Å². The molecule has 0 aliphatic rings. The number of hydrogen-bond donors (Lipinski definition) is 1. The Morgan fingerprint density at radius 2 is 1.90 bits per heavy atom. The molecule has 7 nitrogen and oxygen atoms in total. The zero-order valence-electron chi connectivity index (χ0n) is 15.7. The molecular formula is C19H17F2N3O4S. The van der Waals surface area contributed by atoms with Crippen molar-refractivity contribution in [2.24, 2.45) is 0 Å². The van der Waals surface area contributed by atoms with E-state index < -0.39 is 22.8 Å². The van der Waals surface area contributed by atoms with Gasteiger partial charge in [-0.2, -0.15) is 0 Å². The number of aromatic nitrogens is 2. The molecule has 0 saturated heterocycles. The van der Waals surface area contributed by atoms with Gasteiger partial charge < -0.3 is 19.2 Å². The predicted molar refractivity (Wildman–Crippen MR) is 103 cm³/mol. The maximum absolute atomic E-state index is 13.3. The van der Waals surface area contributed by atoms with E-state index in [2.05, 4.69) is 15.5 Å². The molecule has 2 aromatic carbocycles. The fourth-order valence-electron chi connectivity index (χ4n) is 2.36. The van der Waals surface area contributed by atoms with Crippen LogP contribution in [0.15, 0.2) is 46.0 Å². The smallest absolute Gasteiger partial charge is 0.277 e. The van der Waals surface area contributed by atoms with E-state index in [0.29, 0.717) is 17.1 Å². The normalized spacial score (nSPS) is 11.8. The Balaban J connectivity index is 1.69. The molecule has 0 aliphatic heterocycles. The Bertz CT molecular complexity index is 1030. The summed E-state index contributed by atoms with van der Waals surface area (Å²) in [7, 11) is 3.05. The van der Waals surface area contributed by atoms with Crippen LogP contribution in [0.1, 0.15) is 6.92 Å². The molecule has 29 heavy (non-hydrogen) atoms. The van der Waals surface area contributed by atoms with Gasteiger partial charge in [-0.15, -0.1) is 10.2 Å². The average molecular weight is 421 g/mol. The standard InChI is InChI=1S/C19H17F2N3O4S/c1-10(17(25)22-11-4-7-14(20)15(21)8-11)29-19-24-23-18(28-19)13-6-5-12(26-2)9-16(13)27-3/h4-10H,1-3H3,(H,22,25). The zero-order chi connectivity index (χ0) is 21.0. The van der Waals surface area contributed by atoms with E-state index in [1.54, 1.807) is 32.2 Å². The summed E-state index contributed by atoms with van der Waals surface area (Å²) < 4.78 is 42.3. The molecule has 1 unspecified atom stereocenters. The van der Waals surface area contributed by atoms with Gasteiger partial charge in [-0.1, -0.05) is 11.8 Å². The summed E-state index contributed by atoms with van der Waals surface area (Å²) >= 11 is 1.03. The number of nitrogens with zero attached hydrogens (tertiary/aromatic N) is 2. The van der Waals surface area contributed by atoms with Crippen LogP contribution in [-0.4, -0.2) is 35.6 Å². The minimum Gasteiger partial charge on any atom is -0.497 e. The Hall–Kier alpha value is -3.14. The summed E-state index contributed by atoms with van der Waals surface area (Å²) in [5, 5.41) is 9.97. The van der Waals surface area contributed by atoms with Crippen LogP contribution < -0.4 is 14.8 Å². The van der Waals surface area contributed by atoms with E-state index in [0.717, 1.165) is 23.9 Å². The number of halogens is 2. The molecule has 1 aromatic heterocycles. The van der Waals surface area contributed by atoms with Crippen LogP contribution in [0.2, 0.25) is 0 Å². The molecule has 1 atom stereocenters. The van der Waals surface area contributed by atoms with E-state index in [-0.39, 0.29) is 16.8 Å². The number of nitrogens with one attached hydrogen (secondary N) is 1. The average Bonchev–Trinajstić information content (AvgIpc) is 3.18. The van der Waals surface area contributed by atoms with Gasteiger partial charge in [0.1, 0.15) is 11.5 Å². The largest absolute Gasteiger partial charge is 0.497 e. The Morgan fingerprint density at radius 3 is 2.59 bits per heavy atom. The van der Waals surface area contributed by atoms with Crippen molar-refractivity contribution in [3.05, 3.63) is 48.0 Å². The van der Waals surface area contributed by atoms with Gasteiger partial charge in [0.25, 0.3) is 11.1 Å². The van der Waals surface area contributed by atoms with Crippen LogP contribution in [0.5, 0.6) is 11.5 Å². The lowest BCUT2D eigenvalue weighted by molar-refractivity contribution is -0.115. The molecule has 152 valence electrons.